The summed E-state index contributed by atoms with van der Waals surface area (Å²) in [7, 11) is 1.62. The van der Waals surface area contributed by atoms with E-state index in [4.69, 9.17) is 4.74 Å². The first kappa shape index (κ1) is 18.1. The normalized spacial score (nSPS) is 12.3. The summed E-state index contributed by atoms with van der Waals surface area (Å²) in [6, 6.07) is 9.20. The van der Waals surface area contributed by atoms with E-state index in [9.17, 15) is 9.59 Å². The lowest BCUT2D eigenvalue weighted by Crippen LogP contribution is -2.36. The van der Waals surface area contributed by atoms with Gasteiger partial charge in [0.25, 0.3) is 5.56 Å². The first-order chi connectivity index (χ1) is 12.5. The smallest absolute Gasteiger partial charge is 0.262 e. The number of nitrogens with one attached hydrogen (secondary N) is 1. The topological polar surface area (TPSA) is 73.2 Å². The molecule has 0 bridgehead atoms. The molecule has 7 heteroatoms. The van der Waals surface area contributed by atoms with Gasteiger partial charge in [0.2, 0.25) is 5.91 Å². The SMILES string of the molecule is COc1ccc(C(NC(=O)Cn2cnc3sccc3c2=O)C(C)C)cc1. The van der Waals surface area contributed by atoms with Gasteiger partial charge < -0.3 is 10.1 Å². The highest BCUT2D eigenvalue weighted by Gasteiger charge is 2.19. The third kappa shape index (κ3) is 3.77. The summed E-state index contributed by atoms with van der Waals surface area (Å²) in [5, 5.41) is 5.39. The lowest BCUT2D eigenvalue weighted by atomic mass is 9.96. The van der Waals surface area contributed by atoms with E-state index in [1.807, 2.05) is 43.5 Å². The van der Waals surface area contributed by atoms with Crippen LogP contribution in [0.25, 0.3) is 10.2 Å². The molecule has 1 unspecified atom stereocenters. The number of hydrogen-bond donors (Lipinski definition) is 1. The number of aromatic nitrogens is 2. The molecule has 0 fully saturated rings. The number of rotatable bonds is 6. The highest BCUT2D eigenvalue weighted by Crippen LogP contribution is 2.24. The molecule has 0 aliphatic rings. The minimum Gasteiger partial charge on any atom is -0.497 e. The second kappa shape index (κ2) is 7.70. The number of amides is 1. The molecule has 1 atom stereocenters. The molecular weight excluding hydrogens is 350 g/mol. The van der Waals surface area contributed by atoms with Crippen molar-refractivity contribution in [3.63, 3.8) is 0 Å². The summed E-state index contributed by atoms with van der Waals surface area (Å²) in [5.74, 6) is 0.740. The van der Waals surface area contributed by atoms with Gasteiger partial charge in [-0.15, -0.1) is 11.3 Å². The van der Waals surface area contributed by atoms with Crippen LogP contribution in [0.4, 0.5) is 0 Å². The number of nitrogens with zero attached hydrogens (tertiary/aromatic N) is 2. The summed E-state index contributed by atoms with van der Waals surface area (Å²) < 4.78 is 6.52. The van der Waals surface area contributed by atoms with E-state index in [0.29, 0.717) is 10.2 Å². The number of methoxy groups -OCH3 is 1. The molecule has 0 spiro atoms. The Morgan fingerprint density at radius 2 is 2.00 bits per heavy atom. The van der Waals surface area contributed by atoms with E-state index in [1.165, 1.54) is 22.2 Å². The molecular formula is C19H21N3O3S. The molecule has 1 amide bonds. The molecule has 3 rings (SSSR count). The first-order valence-corrected chi connectivity index (χ1v) is 9.23. The van der Waals surface area contributed by atoms with Gasteiger partial charge in [-0.05, 0) is 35.1 Å². The van der Waals surface area contributed by atoms with Gasteiger partial charge in [-0.3, -0.25) is 14.2 Å². The van der Waals surface area contributed by atoms with Crippen molar-refractivity contribution in [1.82, 2.24) is 14.9 Å². The van der Waals surface area contributed by atoms with Crippen LogP contribution in [-0.2, 0) is 11.3 Å². The Hall–Kier alpha value is -2.67. The van der Waals surface area contributed by atoms with Gasteiger partial charge in [0, 0.05) is 0 Å². The number of carbonyl (C=O) groups is 1. The molecule has 1 aromatic carbocycles. The lowest BCUT2D eigenvalue weighted by molar-refractivity contribution is -0.122. The van der Waals surface area contributed by atoms with E-state index in [2.05, 4.69) is 10.3 Å². The molecule has 6 nitrogen and oxygen atoms in total. The van der Waals surface area contributed by atoms with Gasteiger partial charge in [-0.2, -0.15) is 0 Å². The van der Waals surface area contributed by atoms with Crippen molar-refractivity contribution in [2.75, 3.05) is 7.11 Å². The van der Waals surface area contributed by atoms with Crippen LogP contribution in [0.2, 0.25) is 0 Å². The average molecular weight is 371 g/mol. The van der Waals surface area contributed by atoms with Crippen molar-refractivity contribution in [3.05, 3.63) is 58.0 Å². The van der Waals surface area contributed by atoms with Gasteiger partial charge in [-0.25, -0.2) is 4.98 Å². The summed E-state index contributed by atoms with van der Waals surface area (Å²) in [6.07, 6.45) is 1.43. The maximum atomic E-state index is 12.5. The summed E-state index contributed by atoms with van der Waals surface area (Å²) in [6.45, 7) is 4.03. The van der Waals surface area contributed by atoms with E-state index in [1.54, 1.807) is 13.2 Å². The Morgan fingerprint density at radius 1 is 1.27 bits per heavy atom. The molecule has 1 N–H and O–H groups in total. The fraction of sp³-hybridized carbons (Fsp3) is 0.316. The van der Waals surface area contributed by atoms with Crippen LogP contribution in [-0.4, -0.2) is 22.6 Å². The van der Waals surface area contributed by atoms with Gasteiger partial charge >= 0.3 is 0 Å². The van der Waals surface area contributed by atoms with E-state index in [0.717, 1.165) is 11.3 Å². The molecule has 136 valence electrons. The second-order valence-electron chi connectivity index (χ2n) is 6.38. The maximum Gasteiger partial charge on any atom is 0.262 e. The lowest BCUT2D eigenvalue weighted by Gasteiger charge is -2.23. The maximum absolute atomic E-state index is 12.5. The zero-order valence-corrected chi connectivity index (χ0v) is 15.7. The predicted molar refractivity (Wildman–Crippen MR) is 103 cm³/mol. The van der Waals surface area contributed by atoms with Crippen molar-refractivity contribution in [2.24, 2.45) is 5.92 Å². The molecule has 0 saturated carbocycles. The van der Waals surface area contributed by atoms with Crippen molar-refractivity contribution in [1.29, 1.82) is 0 Å². The number of hydrogen-bond acceptors (Lipinski definition) is 5. The van der Waals surface area contributed by atoms with E-state index < -0.39 is 0 Å². The zero-order valence-electron chi connectivity index (χ0n) is 14.9. The largest absolute Gasteiger partial charge is 0.497 e. The fourth-order valence-electron chi connectivity index (χ4n) is 2.83. The van der Waals surface area contributed by atoms with E-state index >= 15 is 0 Å². The Bertz CT molecular complexity index is 960. The summed E-state index contributed by atoms with van der Waals surface area (Å²) in [4.78, 5) is 29.9. The second-order valence-corrected chi connectivity index (χ2v) is 7.27. The molecule has 0 saturated heterocycles. The third-order valence-electron chi connectivity index (χ3n) is 4.22. The number of ether oxygens (including phenoxy) is 1. The minimum absolute atomic E-state index is 0.0585. The number of benzene rings is 1. The first-order valence-electron chi connectivity index (χ1n) is 8.35. The molecule has 0 aliphatic carbocycles. The summed E-state index contributed by atoms with van der Waals surface area (Å²) >= 11 is 1.41. The van der Waals surface area contributed by atoms with Crippen molar-refractivity contribution in [2.45, 2.75) is 26.4 Å². The predicted octanol–water partition coefficient (Wildman–Crippen LogP) is 2.98. The van der Waals surface area contributed by atoms with Crippen LogP contribution in [0.5, 0.6) is 5.75 Å². The van der Waals surface area contributed by atoms with Crippen molar-refractivity contribution in [3.8, 4) is 5.75 Å². The van der Waals surface area contributed by atoms with Crippen LogP contribution < -0.4 is 15.6 Å². The minimum atomic E-state index is -0.224. The quantitative estimate of drug-likeness (QED) is 0.723. The Morgan fingerprint density at radius 3 is 2.65 bits per heavy atom. The molecule has 2 aromatic heterocycles. The number of thiophene rings is 1. The van der Waals surface area contributed by atoms with Crippen LogP contribution in [0, 0.1) is 5.92 Å². The van der Waals surface area contributed by atoms with Crippen LogP contribution >= 0.6 is 11.3 Å². The molecule has 0 radical (unpaired) electrons. The highest BCUT2D eigenvalue weighted by molar-refractivity contribution is 7.16. The molecule has 2 heterocycles. The van der Waals surface area contributed by atoms with Gasteiger partial charge in [0.1, 0.15) is 17.1 Å². The molecule has 26 heavy (non-hydrogen) atoms. The monoisotopic (exact) mass is 371 g/mol. The van der Waals surface area contributed by atoms with Crippen LogP contribution in [0.15, 0.2) is 46.8 Å². The van der Waals surface area contributed by atoms with Gasteiger partial charge in [0.15, 0.2) is 0 Å². The molecule has 0 aliphatic heterocycles. The summed E-state index contributed by atoms with van der Waals surface area (Å²) in [5.41, 5.74) is 0.796. The standard InChI is InChI=1S/C19H21N3O3S/c1-12(2)17(13-4-6-14(25-3)7-5-13)21-16(23)10-22-11-20-18-15(19(22)24)8-9-26-18/h4-9,11-12,17H,10H2,1-3H3,(H,21,23). The Kier molecular flexibility index (Phi) is 5.37. The number of fused-ring (bicyclic) bond motifs is 1. The van der Waals surface area contributed by atoms with Gasteiger partial charge in [-0.1, -0.05) is 26.0 Å². The van der Waals surface area contributed by atoms with Crippen molar-refractivity contribution >= 4 is 27.5 Å². The fourth-order valence-corrected chi connectivity index (χ4v) is 3.55. The van der Waals surface area contributed by atoms with E-state index in [-0.39, 0.29) is 30.0 Å². The Labute approximate surface area is 155 Å². The highest BCUT2D eigenvalue weighted by atomic mass is 32.1. The average Bonchev–Trinajstić information content (AvgIpc) is 3.11. The van der Waals surface area contributed by atoms with Gasteiger partial charge in [0.05, 0.1) is 24.9 Å². The Balaban J connectivity index is 1.77. The van der Waals surface area contributed by atoms with Crippen LogP contribution in [0.1, 0.15) is 25.5 Å². The number of carbonyl (C=O) groups excluding carboxylic acids is 1. The third-order valence-corrected chi connectivity index (χ3v) is 5.04. The van der Waals surface area contributed by atoms with Crippen LogP contribution in [0.3, 0.4) is 0 Å². The van der Waals surface area contributed by atoms with Crippen molar-refractivity contribution < 1.29 is 9.53 Å². The molecule has 3 aromatic rings. The zero-order chi connectivity index (χ0) is 18.7.